The van der Waals surface area contributed by atoms with E-state index >= 15 is 0 Å². The Morgan fingerprint density at radius 1 is 1.53 bits per heavy atom. The summed E-state index contributed by atoms with van der Waals surface area (Å²) in [5.74, 6) is 0.308. The zero-order valence-electron chi connectivity index (χ0n) is 8.74. The van der Waals surface area contributed by atoms with Gasteiger partial charge in [0.05, 0.1) is 12.5 Å². The van der Waals surface area contributed by atoms with Gasteiger partial charge in [-0.05, 0) is 18.8 Å². The minimum absolute atomic E-state index is 0.0342. The van der Waals surface area contributed by atoms with Crippen LogP contribution in [0.2, 0.25) is 0 Å². The second-order valence-corrected chi connectivity index (χ2v) is 4.40. The monoisotopic (exact) mass is 211 g/mol. The Morgan fingerprint density at radius 3 is 2.87 bits per heavy atom. The number of nitrogens with one attached hydrogen (secondary N) is 1. The average molecular weight is 211 g/mol. The molecule has 1 aliphatic heterocycles. The van der Waals surface area contributed by atoms with Crippen LogP contribution in [-0.2, 0) is 9.59 Å². The molecule has 15 heavy (non-hydrogen) atoms. The molecule has 2 fully saturated rings. The Labute approximate surface area is 89.0 Å². The molecule has 1 unspecified atom stereocenters. The maximum Gasteiger partial charge on any atom is 0.240 e. The highest BCUT2D eigenvalue weighted by Crippen LogP contribution is 2.30. The maximum absolute atomic E-state index is 11.9. The number of piperazine rings is 1. The van der Waals surface area contributed by atoms with Gasteiger partial charge < -0.3 is 16.0 Å². The molecule has 2 aliphatic rings. The average Bonchev–Trinajstić information content (AvgIpc) is 2.95. The third-order valence-corrected chi connectivity index (χ3v) is 2.96. The highest BCUT2D eigenvalue weighted by atomic mass is 16.2. The van der Waals surface area contributed by atoms with E-state index in [0.717, 1.165) is 19.6 Å². The molecule has 0 bridgehead atoms. The van der Waals surface area contributed by atoms with Crippen LogP contribution in [0.1, 0.15) is 19.3 Å². The number of nitrogens with two attached hydrogens (primary N) is 1. The smallest absolute Gasteiger partial charge is 0.240 e. The fourth-order valence-electron chi connectivity index (χ4n) is 1.95. The molecule has 0 spiro atoms. The molecule has 1 atom stereocenters. The molecule has 1 saturated heterocycles. The summed E-state index contributed by atoms with van der Waals surface area (Å²) in [7, 11) is 0. The molecule has 1 heterocycles. The van der Waals surface area contributed by atoms with Crippen LogP contribution in [0.5, 0.6) is 0 Å². The van der Waals surface area contributed by atoms with Crippen molar-refractivity contribution in [3.63, 3.8) is 0 Å². The van der Waals surface area contributed by atoms with Gasteiger partial charge in [0.25, 0.3) is 0 Å². The van der Waals surface area contributed by atoms with Crippen LogP contribution in [0.3, 0.4) is 0 Å². The van der Waals surface area contributed by atoms with Crippen molar-refractivity contribution < 1.29 is 9.59 Å². The molecular formula is C10H17N3O2. The molecule has 84 valence electrons. The van der Waals surface area contributed by atoms with Gasteiger partial charge in [-0.1, -0.05) is 0 Å². The van der Waals surface area contributed by atoms with Crippen molar-refractivity contribution >= 4 is 11.8 Å². The molecular weight excluding hydrogens is 194 g/mol. The number of hydrogen-bond acceptors (Lipinski definition) is 3. The minimum atomic E-state index is -0.422. The lowest BCUT2D eigenvalue weighted by Gasteiger charge is -2.32. The van der Waals surface area contributed by atoms with E-state index in [2.05, 4.69) is 5.32 Å². The van der Waals surface area contributed by atoms with E-state index < -0.39 is 11.9 Å². The third kappa shape index (κ3) is 2.68. The van der Waals surface area contributed by atoms with Crippen LogP contribution >= 0.6 is 0 Å². The number of carbonyl (C=O) groups excluding carboxylic acids is 2. The number of amides is 2. The van der Waals surface area contributed by atoms with Gasteiger partial charge in [0, 0.05) is 19.6 Å². The predicted molar refractivity (Wildman–Crippen MR) is 54.9 cm³/mol. The molecule has 0 aromatic carbocycles. The number of nitrogens with zero attached hydrogens (tertiary/aromatic N) is 1. The Kier molecular flexibility index (Phi) is 2.90. The van der Waals surface area contributed by atoms with E-state index in [-0.39, 0.29) is 12.3 Å². The fraction of sp³-hybridized carbons (Fsp3) is 0.800. The van der Waals surface area contributed by atoms with Gasteiger partial charge in [-0.15, -0.1) is 0 Å². The third-order valence-electron chi connectivity index (χ3n) is 2.96. The van der Waals surface area contributed by atoms with E-state index in [1.165, 1.54) is 12.8 Å². The fourth-order valence-corrected chi connectivity index (χ4v) is 1.95. The first-order chi connectivity index (χ1) is 7.16. The van der Waals surface area contributed by atoms with Gasteiger partial charge in [0.2, 0.25) is 11.8 Å². The number of rotatable bonds is 4. The van der Waals surface area contributed by atoms with Crippen LogP contribution in [-0.4, -0.2) is 42.4 Å². The van der Waals surface area contributed by atoms with E-state index in [9.17, 15) is 9.59 Å². The van der Waals surface area contributed by atoms with Crippen molar-refractivity contribution in [2.75, 3.05) is 19.6 Å². The molecule has 2 rings (SSSR count). The molecule has 0 aromatic rings. The summed E-state index contributed by atoms with van der Waals surface area (Å²) in [4.78, 5) is 24.5. The second-order valence-electron chi connectivity index (χ2n) is 4.40. The van der Waals surface area contributed by atoms with Crippen molar-refractivity contribution in [1.29, 1.82) is 0 Å². The SMILES string of the molecule is NC(=O)CC1NCCN(CC2CC2)C1=O. The van der Waals surface area contributed by atoms with Gasteiger partial charge in [-0.25, -0.2) is 0 Å². The molecule has 1 saturated carbocycles. The van der Waals surface area contributed by atoms with Crippen LogP contribution < -0.4 is 11.1 Å². The first-order valence-corrected chi connectivity index (χ1v) is 5.47. The van der Waals surface area contributed by atoms with E-state index in [4.69, 9.17) is 5.73 Å². The van der Waals surface area contributed by atoms with Crippen molar-refractivity contribution in [1.82, 2.24) is 10.2 Å². The highest BCUT2D eigenvalue weighted by Gasteiger charge is 2.33. The van der Waals surface area contributed by atoms with Crippen LogP contribution in [0, 0.1) is 5.92 Å². The van der Waals surface area contributed by atoms with Crippen molar-refractivity contribution in [2.24, 2.45) is 11.7 Å². The molecule has 5 heteroatoms. The summed E-state index contributed by atoms with van der Waals surface area (Å²) in [6, 6.07) is -0.394. The second kappa shape index (κ2) is 4.18. The Morgan fingerprint density at radius 2 is 2.27 bits per heavy atom. The van der Waals surface area contributed by atoms with E-state index in [0.29, 0.717) is 5.92 Å². The first kappa shape index (κ1) is 10.4. The molecule has 1 aliphatic carbocycles. The molecule has 0 aromatic heterocycles. The summed E-state index contributed by atoms with van der Waals surface area (Å²) < 4.78 is 0. The van der Waals surface area contributed by atoms with Crippen LogP contribution in [0.4, 0.5) is 0 Å². The van der Waals surface area contributed by atoms with Gasteiger partial charge in [0.15, 0.2) is 0 Å². The first-order valence-electron chi connectivity index (χ1n) is 5.47. The molecule has 5 nitrogen and oxygen atoms in total. The van der Waals surface area contributed by atoms with Gasteiger partial charge in [0.1, 0.15) is 0 Å². The Balaban J connectivity index is 1.89. The Bertz CT molecular complexity index is 276. The van der Waals surface area contributed by atoms with Crippen molar-refractivity contribution in [2.45, 2.75) is 25.3 Å². The lowest BCUT2D eigenvalue weighted by Crippen LogP contribution is -2.56. The van der Waals surface area contributed by atoms with Crippen LogP contribution in [0.25, 0.3) is 0 Å². The zero-order chi connectivity index (χ0) is 10.8. The lowest BCUT2D eigenvalue weighted by molar-refractivity contribution is -0.138. The Hall–Kier alpha value is -1.10. The molecule has 0 radical (unpaired) electrons. The largest absolute Gasteiger partial charge is 0.370 e. The quantitative estimate of drug-likeness (QED) is 0.631. The summed E-state index contributed by atoms with van der Waals surface area (Å²) >= 11 is 0. The summed E-state index contributed by atoms with van der Waals surface area (Å²) in [6.07, 6.45) is 2.58. The van der Waals surface area contributed by atoms with Gasteiger partial charge >= 0.3 is 0 Å². The summed E-state index contributed by atoms with van der Waals surface area (Å²) in [5.41, 5.74) is 5.09. The number of carbonyl (C=O) groups is 2. The summed E-state index contributed by atoms with van der Waals surface area (Å²) in [5, 5.41) is 3.03. The van der Waals surface area contributed by atoms with Crippen LogP contribution in [0.15, 0.2) is 0 Å². The highest BCUT2D eigenvalue weighted by molar-refractivity contribution is 5.88. The minimum Gasteiger partial charge on any atom is -0.370 e. The van der Waals surface area contributed by atoms with Gasteiger partial charge in [-0.3, -0.25) is 9.59 Å². The summed E-state index contributed by atoms with van der Waals surface area (Å²) in [6.45, 7) is 2.37. The molecule has 3 N–H and O–H groups in total. The normalized spacial score (nSPS) is 26.8. The van der Waals surface area contributed by atoms with E-state index in [1.807, 2.05) is 4.90 Å². The molecule has 2 amide bonds. The lowest BCUT2D eigenvalue weighted by atomic mass is 10.1. The maximum atomic E-state index is 11.9. The predicted octanol–water partition coefficient (Wildman–Crippen LogP) is -0.928. The zero-order valence-corrected chi connectivity index (χ0v) is 8.74. The standard InChI is InChI=1S/C10H17N3O2/c11-9(14)5-8-10(15)13(4-3-12-8)6-7-1-2-7/h7-8,12H,1-6H2,(H2,11,14). The number of primary amides is 1. The van der Waals surface area contributed by atoms with E-state index in [1.54, 1.807) is 0 Å². The topological polar surface area (TPSA) is 75.4 Å². The van der Waals surface area contributed by atoms with Crippen molar-refractivity contribution in [3.8, 4) is 0 Å². The number of hydrogen-bond donors (Lipinski definition) is 2. The van der Waals surface area contributed by atoms with Crippen molar-refractivity contribution in [3.05, 3.63) is 0 Å². The van der Waals surface area contributed by atoms with Gasteiger partial charge in [-0.2, -0.15) is 0 Å².